The molecule has 0 aromatic carbocycles. The minimum absolute atomic E-state index is 0.0629. The highest BCUT2D eigenvalue weighted by Crippen LogP contribution is 2.59. The lowest BCUT2D eigenvalue weighted by Crippen LogP contribution is -2.64. The zero-order chi connectivity index (χ0) is 24.1. The van der Waals surface area contributed by atoms with Gasteiger partial charge in [0.25, 0.3) is 0 Å². The van der Waals surface area contributed by atoms with E-state index >= 15 is 0 Å². The molecule has 0 heterocycles. The molecule has 3 heteroatoms. The van der Waals surface area contributed by atoms with E-state index in [2.05, 4.69) is 123 Å². The third kappa shape index (κ3) is 6.69. The van der Waals surface area contributed by atoms with Crippen LogP contribution < -0.4 is 0 Å². The summed E-state index contributed by atoms with van der Waals surface area (Å²) in [6, 6.07) is 0. The molecule has 0 saturated heterocycles. The average molecular weight is 443 g/mol. The van der Waals surface area contributed by atoms with E-state index in [9.17, 15) is 0 Å². The molecular formula is C26H58OSi2. The van der Waals surface area contributed by atoms with Gasteiger partial charge in [-0.15, -0.1) is 0 Å². The molecule has 0 spiro atoms. The third-order valence-electron chi connectivity index (χ3n) is 8.85. The van der Waals surface area contributed by atoms with Crippen LogP contribution in [0.25, 0.3) is 0 Å². The topological polar surface area (TPSA) is 9.23 Å². The third-order valence-corrected chi connectivity index (χ3v) is 20.4. The molecule has 0 radical (unpaired) electrons. The van der Waals surface area contributed by atoms with Crippen molar-refractivity contribution >= 4 is 16.4 Å². The molecule has 1 nitrogen and oxygen atoms in total. The zero-order valence-electron chi connectivity index (χ0n) is 23.8. The Morgan fingerprint density at radius 1 is 0.552 bits per heavy atom. The fourth-order valence-electron chi connectivity index (χ4n) is 5.62. The second kappa shape index (κ2) is 8.07. The highest BCUT2D eigenvalue weighted by Gasteiger charge is 2.58. The van der Waals surface area contributed by atoms with Crippen LogP contribution in [0.5, 0.6) is 0 Å². The highest BCUT2D eigenvalue weighted by molar-refractivity contribution is 6.84. The molecule has 0 rings (SSSR count). The van der Waals surface area contributed by atoms with Gasteiger partial charge in [-0.3, -0.25) is 0 Å². The largest absolute Gasteiger partial charge is 0.415 e. The van der Waals surface area contributed by atoms with Gasteiger partial charge in [-0.1, -0.05) is 96.2 Å². The Morgan fingerprint density at radius 3 is 1.21 bits per heavy atom. The number of rotatable bonds is 8. The van der Waals surface area contributed by atoms with E-state index in [1.54, 1.807) is 0 Å². The highest BCUT2D eigenvalue weighted by atomic mass is 28.4. The molecule has 29 heavy (non-hydrogen) atoms. The SMILES string of the molecule is CC(C)(C)CC(C)(C)C(C)(C)[Si](C)(C)OC(C)(C)[Si](C)(C)C(C)(C)CC(C)(C)C. The maximum absolute atomic E-state index is 7.36. The van der Waals surface area contributed by atoms with Crippen molar-refractivity contribution in [1.29, 1.82) is 0 Å². The van der Waals surface area contributed by atoms with Crippen LogP contribution in [0, 0.1) is 16.2 Å². The van der Waals surface area contributed by atoms with Crippen LogP contribution in [-0.4, -0.2) is 21.6 Å². The summed E-state index contributed by atoms with van der Waals surface area (Å²) in [5.74, 6) is 0. The van der Waals surface area contributed by atoms with Gasteiger partial charge < -0.3 is 4.43 Å². The summed E-state index contributed by atoms with van der Waals surface area (Å²) in [5, 5.41) is 0.417. The molecule has 0 aliphatic heterocycles. The minimum Gasteiger partial charge on any atom is -0.415 e. The normalized spacial score (nSPS) is 16.3. The van der Waals surface area contributed by atoms with Crippen molar-refractivity contribution in [3.63, 3.8) is 0 Å². The number of hydrogen-bond acceptors (Lipinski definition) is 1. The van der Waals surface area contributed by atoms with Gasteiger partial charge in [0.05, 0.1) is 8.07 Å². The lowest BCUT2D eigenvalue weighted by atomic mass is 9.69. The molecule has 0 atom stereocenters. The van der Waals surface area contributed by atoms with Gasteiger partial charge in [0.2, 0.25) is 0 Å². The van der Waals surface area contributed by atoms with E-state index in [0.717, 1.165) is 0 Å². The van der Waals surface area contributed by atoms with Crippen LogP contribution in [0.2, 0.25) is 36.3 Å². The van der Waals surface area contributed by atoms with E-state index in [-0.39, 0.29) is 15.7 Å². The van der Waals surface area contributed by atoms with Crippen LogP contribution in [0.15, 0.2) is 0 Å². The average Bonchev–Trinajstić information content (AvgIpc) is 2.30. The first kappa shape index (κ1) is 29.4. The Morgan fingerprint density at radius 2 is 0.897 bits per heavy atom. The molecule has 0 fully saturated rings. The van der Waals surface area contributed by atoms with Gasteiger partial charge in [-0.25, -0.2) is 0 Å². The first-order valence-corrected chi connectivity index (χ1v) is 17.7. The molecule has 0 amide bonds. The minimum atomic E-state index is -2.01. The summed E-state index contributed by atoms with van der Waals surface area (Å²) in [7, 11) is -3.76. The molecule has 0 saturated carbocycles. The first-order valence-electron chi connectivity index (χ1n) is 11.8. The van der Waals surface area contributed by atoms with E-state index in [1.165, 1.54) is 12.8 Å². The van der Waals surface area contributed by atoms with E-state index < -0.39 is 16.4 Å². The Labute approximate surface area is 188 Å². The summed E-state index contributed by atoms with van der Waals surface area (Å²) in [6.45, 7) is 44.0. The second-order valence-electron chi connectivity index (χ2n) is 15.6. The monoisotopic (exact) mass is 442 g/mol. The summed E-state index contributed by atoms with van der Waals surface area (Å²) in [6.07, 6.45) is 2.45. The molecule has 0 aromatic rings. The molecule has 0 aromatic heterocycles. The van der Waals surface area contributed by atoms with Gasteiger partial charge in [0.15, 0.2) is 8.32 Å². The van der Waals surface area contributed by atoms with Gasteiger partial charge >= 0.3 is 0 Å². The molecular weight excluding hydrogens is 384 g/mol. The number of hydrogen-bond donors (Lipinski definition) is 0. The quantitative estimate of drug-likeness (QED) is 0.340. The van der Waals surface area contributed by atoms with Crippen molar-refractivity contribution in [1.82, 2.24) is 0 Å². The molecule has 0 N–H and O–H groups in total. The fourth-order valence-corrected chi connectivity index (χ4v) is 13.3. The van der Waals surface area contributed by atoms with Gasteiger partial charge in [0.1, 0.15) is 0 Å². The van der Waals surface area contributed by atoms with Crippen molar-refractivity contribution in [3.8, 4) is 0 Å². The predicted octanol–water partition coefficient (Wildman–Crippen LogP) is 9.69. The molecule has 0 bridgehead atoms. The van der Waals surface area contributed by atoms with Crippen LogP contribution in [-0.2, 0) is 4.43 Å². The summed E-state index contributed by atoms with van der Waals surface area (Å²) >= 11 is 0. The molecule has 0 unspecified atom stereocenters. The Bertz CT molecular complexity index is 502. The molecule has 0 aliphatic rings. The van der Waals surface area contributed by atoms with Gasteiger partial charge in [0, 0.05) is 5.22 Å². The Balaban J connectivity index is 6.01. The zero-order valence-corrected chi connectivity index (χ0v) is 25.8. The van der Waals surface area contributed by atoms with Crippen molar-refractivity contribution in [2.75, 3.05) is 0 Å². The van der Waals surface area contributed by atoms with E-state index in [1.807, 2.05) is 0 Å². The van der Waals surface area contributed by atoms with Crippen molar-refractivity contribution in [2.24, 2.45) is 16.2 Å². The van der Waals surface area contributed by atoms with E-state index in [0.29, 0.717) is 15.9 Å². The maximum Gasteiger partial charge on any atom is 0.193 e. The predicted molar refractivity (Wildman–Crippen MR) is 140 cm³/mol. The summed E-state index contributed by atoms with van der Waals surface area (Å²) in [4.78, 5) is 0. The standard InChI is InChI=1S/C26H58OSi2/c1-21(2,3)19-23(7,8)25(11,12)29(17,18)27-26(13,14)28(15,16)24(9,10)20-22(4,5)6/h19-20H2,1-18H3. The van der Waals surface area contributed by atoms with Gasteiger partial charge in [-0.05, 0) is 66.1 Å². The lowest BCUT2D eigenvalue weighted by molar-refractivity contribution is 0.105. The second-order valence-corrected chi connectivity index (χ2v) is 25.9. The van der Waals surface area contributed by atoms with Crippen LogP contribution in [0.1, 0.15) is 110 Å². The van der Waals surface area contributed by atoms with E-state index in [4.69, 9.17) is 4.43 Å². The van der Waals surface area contributed by atoms with Crippen LogP contribution >= 0.6 is 0 Å². The van der Waals surface area contributed by atoms with Crippen LogP contribution in [0.3, 0.4) is 0 Å². The smallest absolute Gasteiger partial charge is 0.193 e. The lowest BCUT2D eigenvalue weighted by Gasteiger charge is -2.59. The van der Waals surface area contributed by atoms with Crippen molar-refractivity contribution in [2.45, 2.75) is 151 Å². The van der Waals surface area contributed by atoms with Gasteiger partial charge in [-0.2, -0.15) is 0 Å². The maximum atomic E-state index is 7.36. The fraction of sp³-hybridized carbons (Fsp3) is 1.00. The summed E-state index contributed by atoms with van der Waals surface area (Å²) < 4.78 is 7.36. The summed E-state index contributed by atoms with van der Waals surface area (Å²) in [5.41, 5.74) is 0.887. The first-order chi connectivity index (χ1) is 12.1. The van der Waals surface area contributed by atoms with Crippen molar-refractivity contribution in [3.05, 3.63) is 0 Å². The van der Waals surface area contributed by atoms with Crippen LogP contribution in [0.4, 0.5) is 0 Å². The van der Waals surface area contributed by atoms with Crippen molar-refractivity contribution < 1.29 is 4.43 Å². The Kier molecular flexibility index (Phi) is 8.18. The Hall–Kier alpha value is 0.394. The molecule has 0 aliphatic carbocycles. The molecule has 176 valence electrons.